The molecule has 108 valence electrons. The van der Waals surface area contributed by atoms with E-state index in [9.17, 15) is 5.11 Å². The smallest absolute Gasteiger partial charge is 0.162 e. The van der Waals surface area contributed by atoms with Gasteiger partial charge < -0.3 is 24.9 Å². The number of phenols is 1. The monoisotopic (exact) mass is 276 g/mol. The maximum absolute atomic E-state index is 9.92. The standard InChI is InChI=1S/C15H20N2O3/c1-19-14-6-2-4-12(15(14)18)10-16-7-8-17-11-13-5-3-9-20-13/h2-6,9,16-18H,7-8,10-11H2,1H3. The minimum absolute atomic E-state index is 0.200. The molecule has 0 aliphatic rings. The summed E-state index contributed by atoms with van der Waals surface area (Å²) in [6.07, 6.45) is 1.67. The van der Waals surface area contributed by atoms with Crippen LogP contribution in [0, 0.1) is 0 Å². The molecular formula is C15H20N2O3. The molecule has 0 spiro atoms. The van der Waals surface area contributed by atoms with Gasteiger partial charge in [-0.15, -0.1) is 0 Å². The largest absolute Gasteiger partial charge is 0.504 e. The number of nitrogens with one attached hydrogen (secondary N) is 2. The number of hydrogen-bond acceptors (Lipinski definition) is 5. The summed E-state index contributed by atoms with van der Waals surface area (Å²) in [5, 5.41) is 16.5. The van der Waals surface area contributed by atoms with Gasteiger partial charge in [-0.1, -0.05) is 12.1 Å². The van der Waals surface area contributed by atoms with Crippen molar-refractivity contribution in [1.29, 1.82) is 0 Å². The Bertz CT molecular complexity index is 512. The lowest BCUT2D eigenvalue weighted by atomic mass is 10.2. The Kier molecular flexibility index (Phi) is 5.46. The second-order valence-electron chi connectivity index (χ2n) is 4.40. The zero-order valence-corrected chi connectivity index (χ0v) is 11.6. The molecule has 5 nitrogen and oxygen atoms in total. The Morgan fingerprint density at radius 1 is 1.10 bits per heavy atom. The van der Waals surface area contributed by atoms with Crippen LogP contribution in [0.15, 0.2) is 41.0 Å². The zero-order valence-electron chi connectivity index (χ0n) is 11.6. The van der Waals surface area contributed by atoms with Crippen LogP contribution >= 0.6 is 0 Å². The number of phenolic OH excluding ortho intramolecular Hbond substituents is 1. The van der Waals surface area contributed by atoms with E-state index in [2.05, 4.69) is 10.6 Å². The summed E-state index contributed by atoms with van der Waals surface area (Å²) in [4.78, 5) is 0. The van der Waals surface area contributed by atoms with Crippen molar-refractivity contribution in [1.82, 2.24) is 10.6 Å². The van der Waals surface area contributed by atoms with Crippen molar-refractivity contribution >= 4 is 0 Å². The predicted octanol–water partition coefficient (Wildman–Crippen LogP) is 1.87. The van der Waals surface area contributed by atoms with Gasteiger partial charge >= 0.3 is 0 Å². The molecule has 0 unspecified atom stereocenters. The SMILES string of the molecule is COc1cccc(CNCCNCc2ccco2)c1O. The summed E-state index contributed by atoms with van der Waals surface area (Å²) in [5.74, 6) is 1.63. The Balaban J connectivity index is 1.66. The van der Waals surface area contributed by atoms with Gasteiger partial charge in [0.25, 0.3) is 0 Å². The summed E-state index contributed by atoms with van der Waals surface area (Å²) in [6, 6.07) is 9.30. The number of rotatable bonds is 8. The number of hydrogen-bond donors (Lipinski definition) is 3. The summed E-state index contributed by atoms with van der Waals surface area (Å²) in [5.41, 5.74) is 0.829. The first-order chi connectivity index (χ1) is 9.81. The van der Waals surface area contributed by atoms with Crippen molar-refractivity contribution < 1.29 is 14.3 Å². The highest BCUT2D eigenvalue weighted by atomic mass is 16.5. The molecule has 0 atom stereocenters. The highest BCUT2D eigenvalue weighted by Crippen LogP contribution is 2.28. The van der Waals surface area contributed by atoms with Crippen molar-refractivity contribution in [2.45, 2.75) is 13.1 Å². The predicted molar refractivity (Wildman–Crippen MR) is 76.8 cm³/mol. The maximum Gasteiger partial charge on any atom is 0.162 e. The van der Waals surface area contributed by atoms with Crippen molar-refractivity contribution in [3.8, 4) is 11.5 Å². The molecule has 5 heteroatoms. The number of aromatic hydroxyl groups is 1. The van der Waals surface area contributed by atoms with Crippen LogP contribution < -0.4 is 15.4 Å². The zero-order chi connectivity index (χ0) is 14.2. The van der Waals surface area contributed by atoms with Crippen LogP contribution in [0.25, 0.3) is 0 Å². The quantitative estimate of drug-likeness (QED) is 0.642. The Morgan fingerprint density at radius 2 is 1.90 bits per heavy atom. The van der Waals surface area contributed by atoms with Crippen molar-refractivity contribution in [3.05, 3.63) is 47.9 Å². The molecule has 0 amide bonds. The van der Waals surface area contributed by atoms with Gasteiger partial charge in [-0.3, -0.25) is 0 Å². The second-order valence-corrected chi connectivity index (χ2v) is 4.40. The Hall–Kier alpha value is -1.98. The highest BCUT2D eigenvalue weighted by molar-refractivity contribution is 5.45. The van der Waals surface area contributed by atoms with Gasteiger partial charge in [-0.25, -0.2) is 0 Å². The summed E-state index contributed by atoms with van der Waals surface area (Å²) in [6.45, 7) is 2.95. The number of para-hydroxylation sites is 1. The number of methoxy groups -OCH3 is 1. The average Bonchev–Trinajstić information content (AvgIpc) is 2.97. The minimum Gasteiger partial charge on any atom is -0.504 e. The van der Waals surface area contributed by atoms with Gasteiger partial charge in [-0.2, -0.15) is 0 Å². The van der Waals surface area contributed by atoms with Crippen LogP contribution in [0.1, 0.15) is 11.3 Å². The fraction of sp³-hybridized carbons (Fsp3) is 0.333. The van der Waals surface area contributed by atoms with E-state index >= 15 is 0 Å². The number of ether oxygens (including phenoxy) is 1. The van der Waals surface area contributed by atoms with Crippen LogP contribution in [0.2, 0.25) is 0 Å². The Morgan fingerprint density at radius 3 is 2.60 bits per heavy atom. The van der Waals surface area contributed by atoms with E-state index in [1.807, 2.05) is 24.3 Å². The third-order valence-electron chi connectivity index (χ3n) is 2.98. The molecule has 0 bridgehead atoms. The van der Waals surface area contributed by atoms with Gasteiger partial charge in [-0.05, 0) is 18.2 Å². The molecule has 1 heterocycles. The van der Waals surface area contributed by atoms with Crippen LogP contribution in [0.4, 0.5) is 0 Å². The van der Waals surface area contributed by atoms with E-state index in [0.29, 0.717) is 12.3 Å². The topological polar surface area (TPSA) is 66.7 Å². The lowest BCUT2D eigenvalue weighted by Crippen LogP contribution is -2.26. The molecule has 0 aliphatic heterocycles. The van der Waals surface area contributed by atoms with E-state index in [4.69, 9.17) is 9.15 Å². The summed E-state index contributed by atoms with van der Waals surface area (Å²) < 4.78 is 10.3. The molecular weight excluding hydrogens is 256 g/mol. The number of benzene rings is 1. The van der Waals surface area contributed by atoms with E-state index in [0.717, 1.165) is 31.0 Å². The van der Waals surface area contributed by atoms with Crippen LogP contribution in [0.3, 0.4) is 0 Å². The molecule has 3 N–H and O–H groups in total. The van der Waals surface area contributed by atoms with Gasteiger partial charge in [0.2, 0.25) is 0 Å². The first-order valence-corrected chi connectivity index (χ1v) is 6.60. The first kappa shape index (κ1) is 14.4. The van der Waals surface area contributed by atoms with Crippen molar-refractivity contribution in [3.63, 3.8) is 0 Å². The molecule has 20 heavy (non-hydrogen) atoms. The maximum atomic E-state index is 9.92. The van der Waals surface area contributed by atoms with E-state index < -0.39 is 0 Å². The molecule has 1 aromatic carbocycles. The molecule has 0 saturated heterocycles. The average molecular weight is 276 g/mol. The van der Waals surface area contributed by atoms with Crippen LogP contribution in [-0.4, -0.2) is 25.3 Å². The third kappa shape index (κ3) is 4.01. The second kappa shape index (κ2) is 7.57. The normalized spacial score (nSPS) is 10.7. The molecule has 0 fully saturated rings. The van der Waals surface area contributed by atoms with Gasteiger partial charge in [0.15, 0.2) is 11.5 Å². The molecule has 0 saturated carbocycles. The van der Waals surface area contributed by atoms with Crippen LogP contribution in [0.5, 0.6) is 11.5 Å². The van der Waals surface area contributed by atoms with Gasteiger partial charge in [0, 0.05) is 25.2 Å². The van der Waals surface area contributed by atoms with Crippen molar-refractivity contribution in [2.75, 3.05) is 20.2 Å². The fourth-order valence-electron chi connectivity index (χ4n) is 1.90. The van der Waals surface area contributed by atoms with E-state index in [-0.39, 0.29) is 5.75 Å². The summed E-state index contributed by atoms with van der Waals surface area (Å²) >= 11 is 0. The van der Waals surface area contributed by atoms with Crippen molar-refractivity contribution in [2.24, 2.45) is 0 Å². The molecule has 2 rings (SSSR count). The lowest BCUT2D eigenvalue weighted by Gasteiger charge is -2.10. The molecule has 1 aromatic heterocycles. The fourth-order valence-corrected chi connectivity index (χ4v) is 1.90. The first-order valence-electron chi connectivity index (χ1n) is 6.60. The van der Waals surface area contributed by atoms with Gasteiger partial charge in [0.05, 0.1) is 19.9 Å². The summed E-state index contributed by atoms with van der Waals surface area (Å²) in [7, 11) is 1.55. The minimum atomic E-state index is 0.200. The van der Waals surface area contributed by atoms with E-state index in [1.165, 1.54) is 0 Å². The lowest BCUT2D eigenvalue weighted by molar-refractivity contribution is 0.369. The number of furan rings is 1. The molecule has 2 aromatic rings. The molecule has 0 aliphatic carbocycles. The molecule has 0 radical (unpaired) electrons. The Labute approximate surface area is 118 Å². The van der Waals surface area contributed by atoms with Gasteiger partial charge in [0.1, 0.15) is 5.76 Å². The highest BCUT2D eigenvalue weighted by Gasteiger charge is 2.06. The van der Waals surface area contributed by atoms with Crippen LogP contribution in [-0.2, 0) is 13.1 Å². The third-order valence-corrected chi connectivity index (χ3v) is 2.98. The van der Waals surface area contributed by atoms with E-state index in [1.54, 1.807) is 19.4 Å².